The third kappa shape index (κ3) is 0.715. The highest BCUT2D eigenvalue weighted by molar-refractivity contribution is 5.13. The molecule has 2 rings (SSSR count). The quantitative estimate of drug-likeness (QED) is 0.482. The Morgan fingerprint density at radius 2 is 2.44 bits per heavy atom. The Morgan fingerprint density at radius 3 is 3.00 bits per heavy atom. The molecule has 0 bridgehead atoms. The van der Waals surface area contributed by atoms with Crippen molar-refractivity contribution in [2.45, 2.75) is 18.9 Å². The molecule has 50 valence electrons. The predicted molar refractivity (Wildman–Crippen MR) is 36.2 cm³/mol. The van der Waals surface area contributed by atoms with Gasteiger partial charge in [0.15, 0.2) is 0 Å². The van der Waals surface area contributed by atoms with Gasteiger partial charge in [-0.1, -0.05) is 12.2 Å². The summed E-state index contributed by atoms with van der Waals surface area (Å²) >= 11 is 0. The molecule has 0 unspecified atom stereocenters. The van der Waals surface area contributed by atoms with E-state index in [4.69, 9.17) is 4.74 Å². The lowest BCUT2D eigenvalue weighted by molar-refractivity contribution is 0.163. The van der Waals surface area contributed by atoms with Gasteiger partial charge in [0.2, 0.25) is 0 Å². The van der Waals surface area contributed by atoms with Crippen molar-refractivity contribution in [3.63, 3.8) is 0 Å². The van der Waals surface area contributed by atoms with E-state index >= 15 is 0 Å². The van der Waals surface area contributed by atoms with E-state index in [0.717, 1.165) is 11.8 Å². The summed E-state index contributed by atoms with van der Waals surface area (Å²) in [6.45, 7) is 0. The average molecular weight is 124 g/mol. The van der Waals surface area contributed by atoms with E-state index in [1.165, 1.54) is 12.8 Å². The van der Waals surface area contributed by atoms with E-state index < -0.39 is 0 Å². The van der Waals surface area contributed by atoms with Crippen LogP contribution in [0.15, 0.2) is 12.2 Å². The van der Waals surface area contributed by atoms with E-state index in [2.05, 4.69) is 12.2 Å². The van der Waals surface area contributed by atoms with Crippen LogP contribution < -0.4 is 0 Å². The zero-order chi connectivity index (χ0) is 6.27. The summed E-state index contributed by atoms with van der Waals surface area (Å²) in [6.07, 6.45) is 7.77. The Hall–Kier alpha value is -0.300. The van der Waals surface area contributed by atoms with Gasteiger partial charge in [0.05, 0.1) is 6.10 Å². The van der Waals surface area contributed by atoms with Gasteiger partial charge in [-0.2, -0.15) is 0 Å². The first kappa shape index (κ1) is 5.48. The van der Waals surface area contributed by atoms with Crippen LogP contribution in [0.25, 0.3) is 0 Å². The molecule has 0 saturated heterocycles. The zero-order valence-corrected chi connectivity index (χ0v) is 5.71. The van der Waals surface area contributed by atoms with Gasteiger partial charge in [0.1, 0.15) is 0 Å². The fourth-order valence-corrected chi connectivity index (χ4v) is 1.85. The van der Waals surface area contributed by atoms with Gasteiger partial charge >= 0.3 is 0 Å². The van der Waals surface area contributed by atoms with Crippen molar-refractivity contribution in [2.24, 2.45) is 11.8 Å². The first-order valence-electron chi connectivity index (χ1n) is 3.63. The van der Waals surface area contributed by atoms with Gasteiger partial charge in [0, 0.05) is 13.0 Å². The summed E-state index contributed by atoms with van der Waals surface area (Å²) in [4.78, 5) is 0. The molecule has 1 nitrogen and oxygen atoms in total. The summed E-state index contributed by atoms with van der Waals surface area (Å²) < 4.78 is 5.26. The fourth-order valence-electron chi connectivity index (χ4n) is 1.85. The summed E-state index contributed by atoms with van der Waals surface area (Å²) in [5.41, 5.74) is 0. The number of hydrogen-bond donors (Lipinski definition) is 0. The van der Waals surface area contributed by atoms with Crippen LogP contribution in [-0.2, 0) is 4.74 Å². The molecule has 2 aliphatic rings. The molecular weight excluding hydrogens is 112 g/mol. The van der Waals surface area contributed by atoms with E-state index in [-0.39, 0.29) is 0 Å². The van der Waals surface area contributed by atoms with Crippen molar-refractivity contribution in [1.29, 1.82) is 0 Å². The third-order valence-electron chi connectivity index (χ3n) is 2.45. The molecule has 0 amide bonds. The SMILES string of the molecule is CO[C@H]1[C@H]2C=CCC[C@H]21. The van der Waals surface area contributed by atoms with E-state index in [1.807, 2.05) is 7.11 Å². The lowest BCUT2D eigenvalue weighted by atomic mass is 10.1. The molecule has 0 aliphatic heterocycles. The highest BCUT2D eigenvalue weighted by Gasteiger charge is 2.49. The normalized spacial score (nSPS) is 46.6. The predicted octanol–water partition coefficient (Wildman–Crippen LogP) is 1.60. The lowest BCUT2D eigenvalue weighted by Crippen LogP contribution is -1.89. The van der Waals surface area contributed by atoms with Crippen LogP contribution in [0.2, 0.25) is 0 Å². The van der Waals surface area contributed by atoms with Gasteiger partial charge in [-0.3, -0.25) is 0 Å². The number of rotatable bonds is 1. The first-order valence-corrected chi connectivity index (χ1v) is 3.63. The van der Waals surface area contributed by atoms with Crippen LogP contribution in [0, 0.1) is 11.8 Å². The lowest BCUT2D eigenvalue weighted by Gasteiger charge is -1.96. The van der Waals surface area contributed by atoms with Crippen molar-refractivity contribution in [3.8, 4) is 0 Å². The van der Waals surface area contributed by atoms with Crippen LogP contribution >= 0.6 is 0 Å². The summed E-state index contributed by atoms with van der Waals surface area (Å²) in [7, 11) is 1.82. The molecule has 1 saturated carbocycles. The molecule has 1 heteroatoms. The molecule has 0 aromatic carbocycles. The van der Waals surface area contributed by atoms with Crippen LogP contribution in [0.4, 0.5) is 0 Å². The Kier molecular flexibility index (Phi) is 1.12. The maximum absolute atomic E-state index is 5.26. The molecule has 0 heterocycles. The van der Waals surface area contributed by atoms with Crippen molar-refractivity contribution in [2.75, 3.05) is 7.11 Å². The van der Waals surface area contributed by atoms with Gasteiger partial charge in [0.25, 0.3) is 0 Å². The van der Waals surface area contributed by atoms with Crippen molar-refractivity contribution >= 4 is 0 Å². The molecule has 0 aromatic heterocycles. The molecule has 0 radical (unpaired) electrons. The number of ether oxygens (including phenoxy) is 1. The molecule has 0 N–H and O–H groups in total. The molecule has 0 spiro atoms. The summed E-state index contributed by atoms with van der Waals surface area (Å²) in [5, 5.41) is 0. The second kappa shape index (κ2) is 1.84. The van der Waals surface area contributed by atoms with Crippen LogP contribution in [0.3, 0.4) is 0 Å². The van der Waals surface area contributed by atoms with E-state index in [9.17, 15) is 0 Å². The minimum atomic E-state index is 0.573. The Balaban J connectivity index is 2.02. The second-order valence-electron chi connectivity index (χ2n) is 2.95. The topological polar surface area (TPSA) is 9.23 Å². The summed E-state index contributed by atoms with van der Waals surface area (Å²) in [5.74, 6) is 1.66. The first-order chi connectivity index (χ1) is 4.43. The number of allylic oxidation sites excluding steroid dienone is 1. The van der Waals surface area contributed by atoms with Crippen LogP contribution in [-0.4, -0.2) is 13.2 Å². The maximum atomic E-state index is 5.26. The Morgan fingerprint density at radius 1 is 1.56 bits per heavy atom. The highest BCUT2D eigenvalue weighted by Crippen LogP contribution is 2.48. The minimum absolute atomic E-state index is 0.573. The zero-order valence-electron chi connectivity index (χ0n) is 5.71. The number of fused-ring (bicyclic) bond motifs is 1. The minimum Gasteiger partial charge on any atom is -0.381 e. The molecule has 1 fully saturated rings. The maximum Gasteiger partial charge on any atom is 0.0672 e. The molecule has 2 aliphatic carbocycles. The molecule has 9 heavy (non-hydrogen) atoms. The van der Waals surface area contributed by atoms with Crippen LogP contribution in [0.1, 0.15) is 12.8 Å². The monoisotopic (exact) mass is 124 g/mol. The van der Waals surface area contributed by atoms with Crippen molar-refractivity contribution < 1.29 is 4.74 Å². The Labute approximate surface area is 55.7 Å². The molecule has 0 aromatic rings. The van der Waals surface area contributed by atoms with Crippen molar-refractivity contribution in [1.82, 2.24) is 0 Å². The second-order valence-corrected chi connectivity index (χ2v) is 2.95. The number of methoxy groups -OCH3 is 1. The van der Waals surface area contributed by atoms with E-state index in [0.29, 0.717) is 6.10 Å². The summed E-state index contributed by atoms with van der Waals surface area (Å²) in [6, 6.07) is 0. The number of hydrogen-bond acceptors (Lipinski definition) is 1. The van der Waals surface area contributed by atoms with Gasteiger partial charge in [-0.25, -0.2) is 0 Å². The molecule has 3 atom stereocenters. The highest BCUT2D eigenvalue weighted by atomic mass is 16.5. The standard InChI is InChI=1S/C8H12O/c1-9-8-6-4-2-3-5-7(6)8/h2,4,6-8H,3,5H2,1H3/t6-,7+,8-/m0/s1. The van der Waals surface area contributed by atoms with Crippen molar-refractivity contribution in [3.05, 3.63) is 12.2 Å². The smallest absolute Gasteiger partial charge is 0.0672 e. The van der Waals surface area contributed by atoms with E-state index in [1.54, 1.807) is 0 Å². The van der Waals surface area contributed by atoms with Gasteiger partial charge < -0.3 is 4.74 Å². The Bertz CT molecular complexity index is 136. The van der Waals surface area contributed by atoms with Gasteiger partial charge in [-0.05, 0) is 18.8 Å². The van der Waals surface area contributed by atoms with Crippen LogP contribution in [0.5, 0.6) is 0 Å². The third-order valence-corrected chi connectivity index (χ3v) is 2.45. The largest absolute Gasteiger partial charge is 0.381 e. The van der Waals surface area contributed by atoms with Gasteiger partial charge in [-0.15, -0.1) is 0 Å². The molecular formula is C8H12O. The fraction of sp³-hybridized carbons (Fsp3) is 0.750. The average Bonchev–Trinajstić information content (AvgIpc) is 2.60.